The SMILES string of the molecule is COC(=O)N(CC(O)c1c(F)cccc1C1CO1)C(C)(C)C. The largest absolute Gasteiger partial charge is 0.453 e. The first kappa shape index (κ1) is 16.7. The Morgan fingerprint density at radius 1 is 1.55 bits per heavy atom. The highest BCUT2D eigenvalue weighted by Crippen LogP contribution is 2.36. The molecule has 1 fully saturated rings. The molecule has 0 saturated carbocycles. The number of halogens is 1. The monoisotopic (exact) mass is 311 g/mol. The maximum Gasteiger partial charge on any atom is 0.410 e. The van der Waals surface area contributed by atoms with E-state index in [1.165, 1.54) is 18.1 Å². The fourth-order valence-electron chi connectivity index (χ4n) is 2.41. The standard InChI is InChI=1S/C16H22FNO4/c1-16(2,3)18(15(20)21-4)8-12(19)14-10(13-9-22-13)6-5-7-11(14)17/h5-7,12-13,19H,8-9H2,1-4H3. The minimum absolute atomic E-state index is 0.0587. The zero-order valence-corrected chi connectivity index (χ0v) is 13.3. The molecule has 0 spiro atoms. The van der Waals surface area contributed by atoms with Crippen molar-refractivity contribution in [2.75, 3.05) is 20.3 Å². The lowest BCUT2D eigenvalue weighted by molar-refractivity contribution is 0.0446. The van der Waals surface area contributed by atoms with Crippen LogP contribution in [0.15, 0.2) is 18.2 Å². The average molecular weight is 311 g/mol. The van der Waals surface area contributed by atoms with Gasteiger partial charge < -0.3 is 19.5 Å². The summed E-state index contributed by atoms with van der Waals surface area (Å²) < 4.78 is 24.1. The van der Waals surface area contributed by atoms with Gasteiger partial charge in [-0.2, -0.15) is 0 Å². The minimum atomic E-state index is -1.15. The summed E-state index contributed by atoms with van der Waals surface area (Å²) in [6.07, 6.45) is -1.90. The Morgan fingerprint density at radius 2 is 2.18 bits per heavy atom. The molecule has 1 N–H and O–H groups in total. The first-order valence-electron chi connectivity index (χ1n) is 7.19. The van der Waals surface area contributed by atoms with E-state index in [0.29, 0.717) is 12.2 Å². The molecule has 2 rings (SSSR count). The Bertz CT molecular complexity index is 552. The third kappa shape index (κ3) is 3.56. The number of hydrogen-bond donors (Lipinski definition) is 1. The van der Waals surface area contributed by atoms with Crippen LogP contribution in [0.1, 0.15) is 44.1 Å². The smallest absolute Gasteiger partial charge is 0.410 e. The molecule has 1 aliphatic rings. The number of benzene rings is 1. The van der Waals surface area contributed by atoms with Crippen LogP contribution in [0.5, 0.6) is 0 Å². The van der Waals surface area contributed by atoms with Crippen LogP contribution in [-0.2, 0) is 9.47 Å². The van der Waals surface area contributed by atoms with Gasteiger partial charge in [0.05, 0.1) is 26.4 Å². The average Bonchev–Trinajstić information content (AvgIpc) is 3.26. The maximum absolute atomic E-state index is 14.2. The second kappa shape index (κ2) is 6.22. The zero-order valence-electron chi connectivity index (χ0n) is 13.3. The molecular formula is C16H22FNO4. The molecule has 1 amide bonds. The van der Waals surface area contributed by atoms with E-state index >= 15 is 0 Å². The Labute approximate surface area is 129 Å². The Morgan fingerprint density at radius 3 is 2.68 bits per heavy atom. The molecule has 122 valence electrons. The molecule has 22 heavy (non-hydrogen) atoms. The van der Waals surface area contributed by atoms with E-state index in [-0.39, 0.29) is 18.2 Å². The maximum atomic E-state index is 14.2. The number of amides is 1. The molecule has 0 aromatic heterocycles. The first-order chi connectivity index (χ1) is 10.3. The molecule has 1 saturated heterocycles. The highest BCUT2D eigenvalue weighted by molar-refractivity contribution is 5.68. The summed E-state index contributed by atoms with van der Waals surface area (Å²) in [6, 6.07) is 4.62. The van der Waals surface area contributed by atoms with Gasteiger partial charge in [0.15, 0.2) is 0 Å². The lowest BCUT2D eigenvalue weighted by atomic mass is 9.97. The van der Waals surface area contributed by atoms with Gasteiger partial charge in [0.25, 0.3) is 0 Å². The van der Waals surface area contributed by atoms with Gasteiger partial charge in [-0.25, -0.2) is 9.18 Å². The summed E-state index contributed by atoms with van der Waals surface area (Å²) in [5.41, 5.74) is 0.254. The zero-order chi connectivity index (χ0) is 16.5. The summed E-state index contributed by atoms with van der Waals surface area (Å²) in [6.45, 7) is 5.93. The minimum Gasteiger partial charge on any atom is -0.453 e. The fraction of sp³-hybridized carbons (Fsp3) is 0.562. The van der Waals surface area contributed by atoms with Crippen molar-refractivity contribution in [3.8, 4) is 0 Å². The molecule has 6 heteroatoms. The predicted octanol–water partition coefficient (Wildman–Crippen LogP) is 2.80. The van der Waals surface area contributed by atoms with E-state index in [4.69, 9.17) is 9.47 Å². The van der Waals surface area contributed by atoms with E-state index in [1.807, 2.05) is 20.8 Å². The quantitative estimate of drug-likeness (QED) is 0.869. The molecule has 1 aliphatic heterocycles. The normalized spacial score (nSPS) is 18.7. The van der Waals surface area contributed by atoms with Gasteiger partial charge in [-0.15, -0.1) is 0 Å². The number of methoxy groups -OCH3 is 1. The number of β-amino-alcohol motifs (C(OH)–C–C–N with tert-alkyl or cyclic N) is 1. The van der Waals surface area contributed by atoms with Crippen LogP contribution < -0.4 is 0 Å². The molecule has 1 aromatic rings. The number of aliphatic hydroxyl groups excluding tert-OH is 1. The molecule has 5 nitrogen and oxygen atoms in total. The van der Waals surface area contributed by atoms with Gasteiger partial charge >= 0.3 is 6.09 Å². The molecule has 0 bridgehead atoms. The van der Waals surface area contributed by atoms with Crippen molar-refractivity contribution >= 4 is 6.09 Å². The van der Waals surface area contributed by atoms with Gasteiger partial charge in [0.1, 0.15) is 11.9 Å². The van der Waals surface area contributed by atoms with E-state index in [0.717, 1.165) is 0 Å². The fourth-order valence-corrected chi connectivity index (χ4v) is 2.41. The predicted molar refractivity (Wildman–Crippen MR) is 78.9 cm³/mol. The van der Waals surface area contributed by atoms with Crippen LogP contribution in [0.4, 0.5) is 9.18 Å². The van der Waals surface area contributed by atoms with Gasteiger partial charge in [0.2, 0.25) is 0 Å². The first-order valence-corrected chi connectivity index (χ1v) is 7.19. The third-order valence-corrected chi connectivity index (χ3v) is 3.66. The van der Waals surface area contributed by atoms with E-state index in [1.54, 1.807) is 12.1 Å². The number of ether oxygens (including phenoxy) is 2. The number of aliphatic hydroxyl groups is 1. The van der Waals surface area contributed by atoms with Crippen molar-refractivity contribution in [2.24, 2.45) is 0 Å². The number of carbonyl (C=O) groups is 1. The molecule has 1 aromatic carbocycles. The highest BCUT2D eigenvalue weighted by atomic mass is 19.1. The topological polar surface area (TPSA) is 62.3 Å². The van der Waals surface area contributed by atoms with Crippen LogP contribution in [0, 0.1) is 5.82 Å². The molecule has 0 radical (unpaired) electrons. The Balaban J connectivity index is 2.27. The van der Waals surface area contributed by atoms with Gasteiger partial charge in [-0.05, 0) is 32.4 Å². The van der Waals surface area contributed by atoms with Gasteiger partial charge in [-0.3, -0.25) is 0 Å². The summed E-state index contributed by atoms with van der Waals surface area (Å²) in [5, 5.41) is 10.5. The summed E-state index contributed by atoms with van der Waals surface area (Å²) in [4.78, 5) is 13.3. The van der Waals surface area contributed by atoms with Crippen molar-refractivity contribution in [3.63, 3.8) is 0 Å². The van der Waals surface area contributed by atoms with Crippen molar-refractivity contribution in [1.29, 1.82) is 0 Å². The van der Waals surface area contributed by atoms with Crippen LogP contribution in [0.2, 0.25) is 0 Å². The highest BCUT2D eigenvalue weighted by Gasteiger charge is 2.34. The molecule has 1 heterocycles. The van der Waals surface area contributed by atoms with E-state index in [9.17, 15) is 14.3 Å². The third-order valence-electron chi connectivity index (χ3n) is 3.66. The summed E-state index contributed by atoms with van der Waals surface area (Å²) in [7, 11) is 1.28. The summed E-state index contributed by atoms with van der Waals surface area (Å²) >= 11 is 0. The van der Waals surface area contributed by atoms with Gasteiger partial charge in [0, 0.05) is 11.1 Å². The second-order valence-corrected chi connectivity index (χ2v) is 6.33. The van der Waals surface area contributed by atoms with Crippen molar-refractivity contribution < 1.29 is 23.8 Å². The van der Waals surface area contributed by atoms with E-state index in [2.05, 4.69) is 0 Å². The molecule has 2 unspecified atom stereocenters. The number of carbonyl (C=O) groups excluding carboxylic acids is 1. The Hall–Kier alpha value is -1.66. The van der Waals surface area contributed by atoms with Crippen molar-refractivity contribution in [1.82, 2.24) is 4.90 Å². The number of hydrogen-bond acceptors (Lipinski definition) is 4. The van der Waals surface area contributed by atoms with Crippen LogP contribution in [-0.4, -0.2) is 41.9 Å². The van der Waals surface area contributed by atoms with Gasteiger partial charge in [-0.1, -0.05) is 12.1 Å². The van der Waals surface area contributed by atoms with Crippen molar-refractivity contribution in [2.45, 2.75) is 38.5 Å². The number of epoxide rings is 1. The Kier molecular flexibility index (Phi) is 4.72. The van der Waals surface area contributed by atoms with Crippen molar-refractivity contribution in [3.05, 3.63) is 35.1 Å². The summed E-state index contributed by atoms with van der Waals surface area (Å²) in [5.74, 6) is -0.501. The number of nitrogens with zero attached hydrogens (tertiary/aromatic N) is 1. The molecule has 2 atom stereocenters. The van der Waals surface area contributed by atoms with E-state index < -0.39 is 23.6 Å². The van der Waals surface area contributed by atoms with Crippen LogP contribution in [0.3, 0.4) is 0 Å². The number of rotatable bonds is 4. The molecular weight excluding hydrogens is 289 g/mol. The lowest BCUT2D eigenvalue weighted by Crippen LogP contribution is -2.47. The molecule has 0 aliphatic carbocycles. The lowest BCUT2D eigenvalue weighted by Gasteiger charge is -2.36. The van der Waals surface area contributed by atoms with Crippen LogP contribution in [0.25, 0.3) is 0 Å². The van der Waals surface area contributed by atoms with Crippen LogP contribution >= 0.6 is 0 Å². The second-order valence-electron chi connectivity index (χ2n) is 6.33.